The van der Waals surface area contributed by atoms with Gasteiger partial charge < -0.3 is 9.73 Å². The van der Waals surface area contributed by atoms with Crippen molar-refractivity contribution in [2.75, 3.05) is 0 Å². The van der Waals surface area contributed by atoms with Crippen molar-refractivity contribution in [2.45, 2.75) is 44.6 Å². The fourth-order valence-corrected chi connectivity index (χ4v) is 3.70. The summed E-state index contributed by atoms with van der Waals surface area (Å²) in [6.07, 6.45) is 8.46. The Morgan fingerprint density at radius 2 is 1.71 bits per heavy atom. The molecule has 3 aromatic rings. The Bertz CT molecular complexity index is 941. The lowest BCUT2D eigenvalue weighted by Gasteiger charge is -2.17. The molecule has 1 fully saturated rings. The van der Waals surface area contributed by atoms with E-state index in [0.29, 0.717) is 22.8 Å². The van der Waals surface area contributed by atoms with E-state index in [0.717, 1.165) is 31.2 Å². The van der Waals surface area contributed by atoms with E-state index in [-0.39, 0.29) is 17.8 Å². The maximum absolute atomic E-state index is 13.1. The first kappa shape index (κ1) is 18.4. The highest BCUT2D eigenvalue weighted by Gasteiger charge is 2.20. The third-order valence-corrected chi connectivity index (χ3v) is 5.23. The summed E-state index contributed by atoms with van der Waals surface area (Å²) in [6.45, 7) is 0. The van der Waals surface area contributed by atoms with Gasteiger partial charge in [0.25, 0.3) is 5.91 Å². The van der Waals surface area contributed by atoms with E-state index in [1.165, 1.54) is 25.0 Å². The van der Waals surface area contributed by atoms with Gasteiger partial charge >= 0.3 is 0 Å². The normalized spacial score (nSPS) is 15.2. The number of hydrogen-bond acceptors (Lipinski definition) is 3. The molecule has 1 aliphatic carbocycles. The number of carbonyl (C=O) groups excluding carboxylic acids is 1. The van der Waals surface area contributed by atoms with Crippen molar-refractivity contribution in [1.29, 1.82) is 0 Å². The summed E-state index contributed by atoms with van der Waals surface area (Å²) >= 11 is 0. The number of benzene rings is 2. The van der Waals surface area contributed by atoms with Gasteiger partial charge in [-0.3, -0.25) is 4.79 Å². The largest absolute Gasteiger partial charge is 0.436 e. The van der Waals surface area contributed by atoms with E-state index < -0.39 is 0 Å². The van der Waals surface area contributed by atoms with Crippen LogP contribution in [0.25, 0.3) is 22.8 Å². The second kappa shape index (κ2) is 8.38. The van der Waals surface area contributed by atoms with Gasteiger partial charge in [-0.1, -0.05) is 37.8 Å². The number of hydrogen-bond donors (Lipinski definition) is 1. The van der Waals surface area contributed by atoms with E-state index >= 15 is 0 Å². The van der Waals surface area contributed by atoms with Crippen molar-refractivity contribution in [3.05, 3.63) is 66.1 Å². The molecule has 1 saturated carbocycles. The minimum Gasteiger partial charge on any atom is -0.436 e. The van der Waals surface area contributed by atoms with Gasteiger partial charge in [0.05, 0.1) is 11.8 Å². The summed E-state index contributed by atoms with van der Waals surface area (Å²) in [5.74, 6) is 0.521. The molecule has 0 aliphatic heterocycles. The number of amides is 1. The molecule has 4 nitrogen and oxygen atoms in total. The van der Waals surface area contributed by atoms with Gasteiger partial charge in [0.15, 0.2) is 5.76 Å². The van der Waals surface area contributed by atoms with E-state index in [1.54, 1.807) is 24.4 Å². The highest BCUT2D eigenvalue weighted by Crippen LogP contribution is 2.28. The number of nitrogens with one attached hydrogen (secondary N) is 1. The minimum atomic E-state index is -0.302. The summed E-state index contributed by atoms with van der Waals surface area (Å²) in [7, 11) is 0. The molecule has 2 aromatic carbocycles. The molecule has 0 spiro atoms. The molecule has 0 radical (unpaired) electrons. The number of halogens is 1. The van der Waals surface area contributed by atoms with Crippen LogP contribution in [0.1, 0.15) is 48.9 Å². The number of carbonyl (C=O) groups is 1. The fraction of sp³-hybridized carbons (Fsp3) is 0.304. The van der Waals surface area contributed by atoms with Crippen molar-refractivity contribution in [3.8, 4) is 22.8 Å². The van der Waals surface area contributed by atoms with Crippen LogP contribution in [-0.4, -0.2) is 16.9 Å². The Kier molecular flexibility index (Phi) is 5.51. The monoisotopic (exact) mass is 378 g/mol. The third-order valence-electron chi connectivity index (χ3n) is 5.23. The Morgan fingerprint density at radius 3 is 2.46 bits per heavy atom. The second-order valence-electron chi connectivity index (χ2n) is 7.24. The van der Waals surface area contributed by atoms with Gasteiger partial charge in [0.2, 0.25) is 5.89 Å². The molecule has 5 heteroatoms. The van der Waals surface area contributed by atoms with E-state index in [2.05, 4.69) is 10.3 Å². The van der Waals surface area contributed by atoms with Crippen LogP contribution in [0.15, 0.2) is 59.1 Å². The van der Waals surface area contributed by atoms with Crippen LogP contribution in [0.3, 0.4) is 0 Å². The van der Waals surface area contributed by atoms with Crippen molar-refractivity contribution >= 4 is 5.91 Å². The zero-order chi connectivity index (χ0) is 19.3. The number of rotatable bonds is 4. The second-order valence-corrected chi connectivity index (χ2v) is 7.24. The molecule has 4 rings (SSSR count). The first-order chi connectivity index (χ1) is 13.7. The van der Waals surface area contributed by atoms with Crippen LogP contribution in [0.4, 0.5) is 4.39 Å². The lowest BCUT2D eigenvalue weighted by molar-refractivity contribution is 0.0934. The fourth-order valence-electron chi connectivity index (χ4n) is 3.70. The molecular formula is C23H23FN2O2. The van der Waals surface area contributed by atoms with Gasteiger partial charge in [0.1, 0.15) is 5.82 Å². The Labute approximate surface area is 163 Å². The average molecular weight is 378 g/mol. The summed E-state index contributed by atoms with van der Waals surface area (Å²) in [5.41, 5.74) is 1.95. The van der Waals surface area contributed by atoms with Gasteiger partial charge in [0, 0.05) is 17.2 Å². The predicted molar refractivity (Wildman–Crippen MR) is 106 cm³/mol. The first-order valence-corrected chi connectivity index (χ1v) is 9.83. The van der Waals surface area contributed by atoms with Crippen LogP contribution in [0.5, 0.6) is 0 Å². The maximum atomic E-state index is 13.1. The Hall–Kier alpha value is -2.95. The number of oxazole rings is 1. The molecule has 0 bridgehead atoms. The highest BCUT2D eigenvalue weighted by atomic mass is 19.1. The van der Waals surface area contributed by atoms with Crippen LogP contribution in [0, 0.1) is 5.82 Å². The summed E-state index contributed by atoms with van der Waals surface area (Å²) in [4.78, 5) is 17.3. The molecule has 0 atom stereocenters. The smallest absolute Gasteiger partial charge is 0.252 e. The summed E-state index contributed by atoms with van der Waals surface area (Å²) in [6, 6.07) is 13.6. The molecule has 1 aromatic heterocycles. The molecule has 28 heavy (non-hydrogen) atoms. The number of nitrogens with zero attached hydrogens (tertiary/aromatic N) is 1. The first-order valence-electron chi connectivity index (χ1n) is 9.83. The van der Waals surface area contributed by atoms with Crippen molar-refractivity contribution in [2.24, 2.45) is 0 Å². The zero-order valence-electron chi connectivity index (χ0n) is 15.7. The Balaban J connectivity index is 1.57. The van der Waals surface area contributed by atoms with E-state index in [1.807, 2.05) is 18.2 Å². The molecule has 144 valence electrons. The standard InChI is InChI=1S/C23H23FN2O2/c24-17-13-11-16(12-14-17)21-15-25-23(28-21)20-10-6-5-9-19(20)22(27)26-18-7-3-1-2-4-8-18/h5-6,9-15,18H,1-4,7-8H2,(H,26,27). The quantitative estimate of drug-likeness (QED) is 0.601. The maximum Gasteiger partial charge on any atom is 0.252 e. The molecular weight excluding hydrogens is 355 g/mol. The van der Waals surface area contributed by atoms with Crippen LogP contribution in [-0.2, 0) is 0 Å². The summed E-state index contributed by atoms with van der Waals surface area (Å²) in [5, 5.41) is 3.18. The van der Waals surface area contributed by atoms with Crippen molar-refractivity contribution in [3.63, 3.8) is 0 Å². The van der Waals surface area contributed by atoms with Crippen molar-refractivity contribution in [1.82, 2.24) is 10.3 Å². The van der Waals surface area contributed by atoms with Crippen LogP contribution in [0.2, 0.25) is 0 Å². The van der Waals surface area contributed by atoms with Crippen LogP contribution < -0.4 is 5.32 Å². The highest BCUT2D eigenvalue weighted by molar-refractivity contribution is 6.00. The molecule has 0 unspecified atom stereocenters. The van der Waals surface area contributed by atoms with Crippen molar-refractivity contribution < 1.29 is 13.6 Å². The van der Waals surface area contributed by atoms with Crippen LogP contribution >= 0.6 is 0 Å². The average Bonchev–Trinajstić information content (AvgIpc) is 3.07. The molecule has 1 amide bonds. The van der Waals surface area contributed by atoms with Gasteiger partial charge in [-0.15, -0.1) is 0 Å². The van der Waals surface area contributed by atoms with E-state index in [9.17, 15) is 9.18 Å². The van der Waals surface area contributed by atoms with Gasteiger partial charge in [-0.2, -0.15) is 0 Å². The zero-order valence-corrected chi connectivity index (χ0v) is 15.7. The molecule has 1 heterocycles. The topological polar surface area (TPSA) is 55.1 Å². The Morgan fingerprint density at radius 1 is 1.00 bits per heavy atom. The third kappa shape index (κ3) is 4.14. The lowest BCUT2D eigenvalue weighted by Crippen LogP contribution is -2.34. The molecule has 0 saturated heterocycles. The SMILES string of the molecule is O=C(NC1CCCCCC1)c1ccccc1-c1ncc(-c2ccc(F)cc2)o1. The van der Waals surface area contributed by atoms with Gasteiger partial charge in [-0.25, -0.2) is 9.37 Å². The van der Waals surface area contributed by atoms with Gasteiger partial charge in [-0.05, 0) is 49.2 Å². The number of aromatic nitrogens is 1. The van der Waals surface area contributed by atoms with E-state index in [4.69, 9.17) is 4.42 Å². The minimum absolute atomic E-state index is 0.0935. The summed E-state index contributed by atoms with van der Waals surface area (Å²) < 4.78 is 19.0. The molecule has 1 aliphatic rings. The predicted octanol–water partition coefficient (Wildman–Crippen LogP) is 5.60. The molecule has 1 N–H and O–H groups in total. The lowest BCUT2D eigenvalue weighted by atomic mass is 10.0.